The summed E-state index contributed by atoms with van der Waals surface area (Å²) < 4.78 is 6.06. The summed E-state index contributed by atoms with van der Waals surface area (Å²) in [7, 11) is 6.42. The number of quaternary nitrogens is 1. The van der Waals surface area contributed by atoms with E-state index in [0.29, 0.717) is 6.04 Å². The molecule has 13 heavy (non-hydrogen) atoms. The highest BCUT2D eigenvalue weighted by atomic mass is 127. The molecular formula is C9H18INO2. The van der Waals surface area contributed by atoms with Crippen molar-refractivity contribution in [3.63, 3.8) is 0 Å². The van der Waals surface area contributed by atoms with Gasteiger partial charge in [-0.15, -0.1) is 0 Å². The molecule has 0 saturated heterocycles. The predicted octanol–water partition coefficient (Wildman–Crippen LogP) is -2.21. The van der Waals surface area contributed by atoms with Crippen molar-refractivity contribution in [1.29, 1.82) is 0 Å². The Hall–Kier alpha value is 0.160. The zero-order valence-electron chi connectivity index (χ0n) is 8.71. The summed E-state index contributed by atoms with van der Waals surface area (Å²) >= 11 is 0. The topological polar surface area (TPSA) is 26.3 Å². The Labute approximate surface area is 97.0 Å². The first-order valence-electron chi connectivity index (χ1n) is 4.39. The number of hydrogen-bond donors (Lipinski definition) is 0. The molecule has 1 fully saturated rings. The third-order valence-corrected chi connectivity index (χ3v) is 2.49. The van der Waals surface area contributed by atoms with Crippen LogP contribution < -0.4 is 24.0 Å². The van der Waals surface area contributed by atoms with Crippen molar-refractivity contribution in [1.82, 2.24) is 0 Å². The molecule has 0 aliphatic heterocycles. The minimum atomic E-state index is -0.154. The Kier molecular flexibility index (Phi) is 4.65. The van der Waals surface area contributed by atoms with Gasteiger partial charge in [-0.3, -0.25) is 4.79 Å². The van der Waals surface area contributed by atoms with Crippen LogP contribution in [0.5, 0.6) is 0 Å². The van der Waals surface area contributed by atoms with Crippen LogP contribution >= 0.6 is 0 Å². The molecular weight excluding hydrogens is 281 g/mol. The Bertz CT molecular complexity index is 189. The Morgan fingerprint density at radius 3 is 2.08 bits per heavy atom. The van der Waals surface area contributed by atoms with Gasteiger partial charge in [-0.05, 0) is 6.42 Å². The van der Waals surface area contributed by atoms with E-state index >= 15 is 0 Å². The molecule has 0 spiro atoms. The number of carbonyl (C=O) groups is 1. The Morgan fingerprint density at radius 2 is 1.85 bits per heavy atom. The molecule has 3 nitrogen and oxygen atoms in total. The van der Waals surface area contributed by atoms with E-state index in [-0.39, 0.29) is 36.0 Å². The monoisotopic (exact) mass is 299 g/mol. The normalized spacial score (nSPS) is 27.1. The molecule has 78 valence electrons. The van der Waals surface area contributed by atoms with Crippen LogP contribution in [0.4, 0.5) is 0 Å². The standard InChI is InChI=1S/C9H18NO2.HI/c1-7(11)12-9-6-5-8(9)10(2,3)4;/h8-9H,5-6H2,1-4H3;1H/q+1;/p-1/t8-,9-;/m1./s1. The van der Waals surface area contributed by atoms with Crippen LogP contribution in [0.1, 0.15) is 19.8 Å². The van der Waals surface area contributed by atoms with Crippen LogP contribution in [-0.2, 0) is 9.53 Å². The highest BCUT2D eigenvalue weighted by Gasteiger charge is 2.42. The first-order chi connectivity index (χ1) is 5.41. The molecule has 1 aliphatic rings. The molecule has 4 heteroatoms. The summed E-state index contributed by atoms with van der Waals surface area (Å²) in [5.41, 5.74) is 0. The van der Waals surface area contributed by atoms with Gasteiger partial charge in [0.1, 0.15) is 6.04 Å². The smallest absolute Gasteiger partial charge is 0.303 e. The zero-order chi connectivity index (χ0) is 9.35. The van der Waals surface area contributed by atoms with Crippen LogP contribution in [0.2, 0.25) is 0 Å². The van der Waals surface area contributed by atoms with E-state index in [1.54, 1.807) is 0 Å². The SMILES string of the molecule is CC(=O)O[C@@H]1CC[C@H]1[N+](C)(C)C.[I-]. The molecule has 0 heterocycles. The van der Waals surface area contributed by atoms with Crippen molar-refractivity contribution < 1.29 is 38.0 Å². The molecule has 0 radical (unpaired) electrons. The van der Waals surface area contributed by atoms with Gasteiger partial charge in [0, 0.05) is 13.3 Å². The third kappa shape index (κ3) is 3.42. The number of halogens is 1. The van der Waals surface area contributed by atoms with Crippen LogP contribution in [0.3, 0.4) is 0 Å². The number of ether oxygens (including phenoxy) is 1. The third-order valence-electron chi connectivity index (χ3n) is 2.49. The highest BCUT2D eigenvalue weighted by Crippen LogP contribution is 2.30. The van der Waals surface area contributed by atoms with Gasteiger partial charge in [-0.1, -0.05) is 0 Å². The van der Waals surface area contributed by atoms with Gasteiger partial charge in [0.15, 0.2) is 6.10 Å². The summed E-state index contributed by atoms with van der Waals surface area (Å²) in [6.45, 7) is 1.48. The van der Waals surface area contributed by atoms with Crippen LogP contribution in [-0.4, -0.2) is 43.7 Å². The fraction of sp³-hybridized carbons (Fsp3) is 0.889. The van der Waals surface area contributed by atoms with Crippen molar-refractivity contribution in [3.8, 4) is 0 Å². The Balaban J connectivity index is 0.00000144. The number of hydrogen-bond acceptors (Lipinski definition) is 2. The van der Waals surface area contributed by atoms with Crippen molar-refractivity contribution in [3.05, 3.63) is 0 Å². The van der Waals surface area contributed by atoms with Crippen LogP contribution in [0, 0.1) is 0 Å². The first-order valence-corrected chi connectivity index (χ1v) is 4.39. The largest absolute Gasteiger partial charge is 1.00 e. The van der Waals surface area contributed by atoms with Crippen molar-refractivity contribution >= 4 is 5.97 Å². The number of nitrogens with zero attached hydrogens (tertiary/aromatic N) is 1. The molecule has 0 aromatic carbocycles. The molecule has 2 atom stereocenters. The van der Waals surface area contributed by atoms with Gasteiger partial charge < -0.3 is 33.2 Å². The minimum absolute atomic E-state index is 0. The molecule has 0 bridgehead atoms. The lowest BCUT2D eigenvalue weighted by Gasteiger charge is -2.44. The number of esters is 1. The summed E-state index contributed by atoms with van der Waals surface area (Å²) in [5, 5.41) is 0. The Morgan fingerprint density at radius 1 is 1.31 bits per heavy atom. The van der Waals surface area contributed by atoms with Crippen LogP contribution in [0.15, 0.2) is 0 Å². The maximum absolute atomic E-state index is 10.7. The molecule has 0 N–H and O–H groups in total. The molecule has 0 aromatic heterocycles. The lowest BCUT2D eigenvalue weighted by Crippen LogP contribution is -3.00. The van der Waals surface area contributed by atoms with Crippen molar-refractivity contribution in [2.75, 3.05) is 21.1 Å². The molecule has 0 amide bonds. The minimum Gasteiger partial charge on any atom is -1.00 e. The van der Waals surface area contributed by atoms with Crippen molar-refractivity contribution in [2.45, 2.75) is 31.9 Å². The number of rotatable bonds is 2. The summed E-state index contributed by atoms with van der Waals surface area (Å²) in [6, 6.07) is 0.494. The lowest BCUT2D eigenvalue weighted by atomic mass is 9.86. The zero-order valence-corrected chi connectivity index (χ0v) is 10.9. The van der Waals surface area contributed by atoms with Gasteiger partial charge in [0.05, 0.1) is 21.1 Å². The average molecular weight is 299 g/mol. The van der Waals surface area contributed by atoms with E-state index in [1.165, 1.54) is 13.3 Å². The van der Waals surface area contributed by atoms with E-state index < -0.39 is 0 Å². The predicted molar refractivity (Wildman–Crippen MR) is 46.6 cm³/mol. The van der Waals surface area contributed by atoms with E-state index in [2.05, 4.69) is 21.1 Å². The van der Waals surface area contributed by atoms with Gasteiger partial charge in [-0.25, -0.2) is 0 Å². The maximum atomic E-state index is 10.7. The quantitative estimate of drug-likeness (QED) is 0.328. The molecule has 1 saturated carbocycles. The van der Waals surface area contributed by atoms with Gasteiger partial charge in [0.2, 0.25) is 0 Å². The second-order valence-corrected chi connectivity index (χ2v) is 4.41. The van der Waals surface area contributed by atoms with Gasteiger partial charge in [0.25, 0.3) is 0 Å². The fourth-order valence-corrected chi connectivity index (χ4v) is 1.69. The summed E-state index contributed by atoms with van der Waals surface area (Å²) in [4.78, 5) is 10.7. The molecule has 0 unspecified atom stereocenters. The van der Waals surface area contributed by atoms with Crippen molar-refractivity contribution in [2.24, 2.45) is 0 Å². The second kappa shape index (κ2) is 4.59. The average Bonchev–Trinajstić information content (AvgIpc) is 1.75. The number of likely N-dealkylation sites (N-methyl/N-ethyl adjacent to an activating group) is 1. The van der Waals surface area contributed by atoms with Gasteiger partial charge >= 0.3 is 5.97 Å². The van der Waals surface area contributed by atoms with E-state index in [0.717, 1.165) is 10.9 Å². The first kappa shape index (κ1) is 13.2. The van der Waals surface area contributed by atoms with E-state index in [4.69, 9.17) is 4.74 Å². The highest BCUT2D eigenvalue weighted by molar-refractivity contribution is 5.66. The molecule has 1 rings (SSSR count). The fourth-order valence-electron chi connectivity index (χ4n) is 1.69. The van der Waals surface area contributed by atoms with E-state index in [1.807, 2.05) is 0 Å². The van der Waals surface area contributed by atoms with Crippen LogP contribution in [0.25, 0.3) is 0 Å². The molecule has 1 aliphatic carbocycles. The number of carbonyl (C=O) groups excluding carboxylic acids is 1. The lowest BCUT2D eigenvalue weighted by molar-refractivity contribution is -0.905. The summed E-state index contributed by atoms with van der Waals surface area (Å²) in [6.07, 6.45) is 2.35. The second-order valence-electron chi connectivity index (χ2n) is 4.41. The van der Waals surface area contributed by atoms with E-state index in [9.17, 15) is 4.79 Å². The maximum Gasteiger partial charge on any atom is 0.303 e. The van der Waals surface area contributed by atoms with Gasteiger partial charge in [-0.2, -0.15) is 0 Å². The molecule has 0 aromatic rings. The summed E-state index contributed by atoms with van der Waals surface area (Å²) in [5.74, 6) is -0.154.